The van der Waals surface area contributed by atoms with Crippen LogP contribution in [0.25, 0.3) is 10.8 Å². The number of hydrogen-bond donors (Lipinski definition) is 0. The molecule has 2 saturated heterocycles. The second-order valence-electron chi connectivity index (χ2n) is 10.1. The summed E-state index contributed by atoms with van der Waals surface area (Å²) in [5.74, 6) is -1.85. The van der Waals surface area contributed by atoms with Crippen LogP contribution < -0.4 is 14.1 Å². The molecule has 0 spiro atoms. The van der Waals surface area contributed by atoms with E-state index in [-0.39, 0.29) is 10.6 Å². The number of anilines is 2. The number of carbonyl (C=O) groups excluding carboxylic acids is 2. The molecule has 2 aliphatic heterocycles. The number of hydrogen-bond acceptors (Lipinski definition) is 7. The number of hydroxylamine groups is 1. The Kier molecular flexibility index (Phi) is 6.26. The number of carbonyl (C=O) groups is 2. The summed E-state index contributed by atoms with van der Waals surface area (Å²) >= 11 is 0. The molecule has 3 unspecified atom stereocenters. The molecule has 2 heterocycles. The zero-order valence-corrected chi connectivity index (χ0v) is 22.9. The summed E-state index contributed by atoms with van der Waals surface area (Å²) in [6.07, 6.45) is -1.12. The van der Waals surface area contributed by atoms with Crippen molar-refractivity contribution in [2.45, 2.75) is 17.0 Å². The minimum atomic E-state index is -4.19. The lowest BCUT2D eigenvalue weighted by atomic mass is 9.90. The molecule has 8 nitrogen and oxygen atoms in total. The molecule has 3 atom stereocenters. The molecule has 0 radical (unpaired) electrons. The van der Waals surface area contributed by atoms with Crippen molar-refractivity contribution in [2.24, 2.45) is 5.92 Å². The molecule has 42 heavy (non-hydrogen) atoms. The van der Waals surface area contributed by atoms with Crippen LogP contribution in [0.15, 0.2) is 132 Å². The molecule has 0 bridgehead atoms. The molecule has 0 saturated carbocycles. The van der Waals surface area contributed by atoms with Crippen LogP contribution in [0.1, 0.15) is 11.6 Å². The number of imide groups is 1. The van der Waals surface area contributed by atoms with Gasteiger partial charge in [0.2, 0.25) is 5.91 Å². The summed E-state index contributed by atoms with van der Waals surface area (Å²) < 4.78 is 32.1. The molecule has 2 fully saturated rings. The van der Waals surface area contributed by atoms with Crippen molar-refractivity contribution in [1.82, 2.24) is 0 Å². The topological polar surface area (TPSA) is 93.2 Å². The van der Waals surface area contributed by atoms with Gasteiger partial charge in [-0.25, -0.2) is 9.96 Å². The van der Waals surface area contributed by atoms with Crippen molar-refractivity contribution >= 4 is 44.1 Å². The standard InChI is InChI=1S/C33H24N2O6S/c36-32-29-30(26-19-9-10-21-28(26)41-42(38,39)24-16-5-2-6-17-24)35(23-14-3-1-4-15-23)40-31(29)33(37)34(32)27-20-11-13-22-12-7-8-18-25(22)27/h1-21,29-31H. The number of rotatable bonds is 6. The zero-order valence-electron chi connectivity index (χ0n) is 22.1. The van der Waals surface area contributed by atoms with Gasteiger partial charge in [-0.15, -0.1) is 0 Å². The molecule has 9 heteroatoms. The SMILES string of the molecule is O=C1C2ON(c3ccccc3)C(c3ccccc3OS(=O)(=O)c3ccccc3)C2C(=O)N1c1cccc2ccccc12. The third-order valence-corrected chi connectivity index (χ3v) is 8.85. The van der Waals surface area contributed by atoms with Crippen LogP contribution in [-0.4, -0.2) is 26.3 Å². The van der Waals surface area contributed by atoms with Gasteiger partial charge in [0.15, 0.2) is 6.10 Å². The number of benzene rings is 5. The van der Waals surface area contributed by atoms with Crippen molar-refractivity contribution in [3.05, 3.63) is 133 Å². The highest BCUT2D eigenvalue weighted by molar-refractivity contribution is 7.87. The predicted octanol–water partition coefficient (Wildman–Crippen LogP) is 5.66. The van der Waals surface area contributed by atoms with E-state index in [0.717, 1.165) is 10.8 Å². The molecule has 0 N–H and O–H groups in total. The first-order chi connectivity index (χ1) is 20.4. The van der Waals surface area contributed by atoms with Gasteiger partial charge in [0.1, 0.15) is 16.6 Å². The number of nitrogens with zero attached hydrogens (tertiary/aromatic N) is 2. The van der Waals surface area contributed by atoms with E-state index in [1.54, 1.807) is 60.7 Å². The predicted molar refractivity (Wildman–Crippen MR) is 157 cm³/mol. The van der Waals surface area contributed by atoms with Crippen LogP contribution in [0.4, 0.5) is 11.4 Å². The Morgan fingerprint density at radius 2 is 1.31 bits per heavy atom. The summed E-state index contributed by atoms with van der Waals surface area (Å²) in [6, 6.07) is 35.7. The lowest BCUT2D eigenvalue weighted by Gasteiger charge is -2.29. The first-order valence-electron chi connectivity index (χ1n) is 13.4. The maximum Gasteiger partial charge on any atom is 0.339 e. The third kappa shape index (κ3) is 4.22. The largest absolute Gasteiger partial charge is 0.379 e. The fourth-order valence-corrected chi connectivity index (χ4v) is 6.70. The molecule has 7 rings (SSSR count). The summed E-state index contributed by atoms with van der Waals surface area (Å²) in [7, 11) is -4.19. The van der Waals surface area contributed by atoms with E-state index in [2.05, 4.69) is 0 Å². The molecular weight excluding hydrogens is 552 g/mol. The Balaban J connectivity index is 1.34. The van der Waals surface area contributed by atoms with Crippen LogP contribution >= 0.6 is 0 Å². The van der Waals surface area contributed by atoms with E-state index in [9.17, 15) is 18.0 Å². The Morgan fingerprint density at radius 1 is 0.667 bits per heavy atom. The third-order valence-electron chi connectivity index (χ3n) is 7.60. The highest BCUT2D eigenvalue weighted by Gasteiger charge is 2.61. The highest BCUT2D eigenvalue weighted by atomic mass is 32.2. The van der Waals surface area contributed by atoms with E-state index >= 15 is 0 Å². The highest BCUT2D eigenvalue weighted by Crippen LogP contribution is 2.50. The van der Waals surface area contributed by atoms with E-state index in [4.69, 9.17) is 9.02 Å². The van der Waals surface area contributed by atoms with Gasteiger partial charge in [-0.1, -0.05) is 91.0 Å². The molecule has 0 aliphatic carbocycles. The fraction of sp³-hybridized carbons (Fsp3) is 0.0909. The smallest absolute Gasteiger partial charge is 0.339 e. The van der Waals surface area contributed by atoms with Gasteiger partial charge >= 0.3 is 10.1 Å². The first kappa shape index (κ1) is 25.9. The van der Waals surface area contributed by atoms with Crippen LogP contribution in [0.3, 0.4) is 0 Å². The Morgan fingerprint density at radius 3 is 2.10 bits per heavy atom. The maximum atomic E-state index is 14.3. The minimum absolute atomic E-state index is 0.00508. The van der Waals surface area contributed by atoms with Crippen molar-refractivity contribution in [3.63, 3.8) is 0 Å². The van der Waals surface area contributed by atoms with Gasteiger partial charge < -0.3 is 4.18 Å². The maximum absolute atomic E-state index is 14.3. The summed E-state index contributed by atoms with van der Waals surface area (Å²) in [5.41, 5.74) is 1.48. The van der Waals surface area contributed by atoms with Gasteiger partial charge in [0, 0.05) is 10.9 Å². The normalized spacial score (nSPS) is 20.2. The lowest BCUT2D eigenvalue weighted by molar-refractivity contribution is -0.126. The molecule has 5 aromatic carbocycles. The molecule has 5 aromatic rings. The minimum Gasteiger partial charge on any atom is -0.379 e. The van der Waals surface area contributed by atoms with Gasteiger partial charge in [0.05, 0.1) is 17.4 Å². The number of para-hydroxylation sites is 2. The average molecular weight is 577 g/mol. The van der Waals surface area contributed by atoms with Crippen molar-refractivity contribution in [2.75, 3.05) is 9.96 Å². The van der Waals surface area contributed by atoms with Gasteiger partial charge in [0.25, 0.3) is 5.91 Å². The first-order valence-corrected chi connectivity index (χ1v) is 14.8. The van der Waals surface area contributed by atoms with Crippen molar-refractivity contribution < 1.29 is 27.0 Å². The Bertz CT molecular complexity index is 1930. The van der Waals surface area contributed by atoms with Gasteiger partial charge in [-0.2, -0.15) is 8.42 Å². The number of amides is 2. The van der Waals surface area contributed by atoms with Crippen LogP contribution in [-0.2, 0) is 24.5 Å². The Hall–Kier alpha value is -4.99. The van der Waals surface area contributed by atoms with Gasteiger partial charge in [-0.05, 0) is 41.8 Å². The van der Waals surface area contributed by atoms with E-state index < -0.39 is 40.0 Å². The fourth-order valence-electron chi connectivity index (χ4n) is 5.72. The van der Waals surface area contributed by atoms with Crippen LogP contribution in [0.5, 0.6) is 5.75 Å². The second-order valence-corrected chi connectivity index (χ2v) is 11.6. The molecular formula is C33H24N2O6S. The van der Waals surface area contributed by atoms with Gasteiger partial charge in [-0.3, -0.25) is 14.4 Å². The molecule has 2 aliphatic rings. The zero-order chi connectivity index (χ0) is 28.8. The lowest BCUT2D eigenvalue weighted by Crippen LogP contribution is -2.37. The summed E-state index contributed by atoms with van der Waals surface area (Å²) in [6.45, 7) is 0. The summed E-state index contributed by atoms with van der Waals surface area (Å²) in [5, 5.41) is 3.17. The Labute approximate surface area is 242 Å². The van der Waals surface area contributed by atoms with E-state index in [1.165, 1.54) is 28.2 Å². The van der Waals surface area contributed by atoms with E-state index in [1.807, 2.05) is 48.5 Å². The van der Waals surface area contributed by atoms with Crippen LogP contribution in [0, 0.1) is 5.92 Å². The van der Waals surface area contributed by atoms with Crippen LogP contribution in [0.2, 0.25) is 0 Å². The second kappa shape index (κ2) is 10.1. The number of fused-ring (bicyclic) bond motifs is 2. The van der Waals surface area contributed by atoms with Crippen molar-refractivity contribution in [3.8, 4) is 5.75 Å². The molecule has 0 aromatic heterocycles. The van der Waals surface area contributed by atoms with E-state index in [0.29, 0.717) is 16.9 Å². The quantitative estimate of drug-likeness (QED) is 0.190. The monoisotopic (exact) mass is 576 g/mol. The summed E-state index contributed by atoms with van der Waals surface area (Å²) in [4.78, 5) is 35.6. The molecule has 2 amide bonds. The average Bonchev–Trinajstić information content (AvgIpc) is 3.53. The molecule has 208 valence electrons. The van der Waals surface area contributed by atoms with Crippen molar-refractivity contribution in [1.29, 1.82) is 0 Å².